The third-order valence-electron chi connectivity index (χ3n) is 4.52. The van der Waals surface area contributed by atoms with Crippen molar-refractivity contribution < 1.29 is 27.5 Å². The number of nitrogens with one attached hydrogen (secondary N) is 1. The quantitative estimate of drug-likeness (QED) is 0.488. The number of benzene rings is 1. The van der Waals surface area contributed by atoms with Crippen molar-refractivity contribution in [3.05, 3.63) is 23.8 Å². The van der Waals surface area contributed by atoms with Crippen molar-refractivity contribution in [1.82, 2.24) is 9.62 Å². The van der Waals surface area contributed by atoms with Crippen molar-refractivity contribution in [3.8, 4) is 11.5 Å². The molecule has 0 bridgehead atoms. The number of carbonyl (C=O) groups excluding carboxylic acids is 2. The van der Waals surface area contributed by atoms with Crippen molar-refractivity contribution >= 4 is 21.7 Å². The van der Waals surface area contributed by atoms with E-state index in [-0.39, 0.29) is 17.7 Å². The Balaban J connectivity index is 1.80. The number of Topliss-reactive ketones (excluding diaryl/α,β-unsaturated/α-hetero) is 1. The lowest BCUT2D eigenvalue weighted by Gasteiger charge is -2.32. The molecule has 1 aliphatic rings. The van der Waals surface area contributed by atoms with Crippen molar-refractivity contribution in [2.24, 2.45) is 0 Å². The van der Waals surface area contributed by atoms with Gasteiger partial charge < -0.3 is 14.4 Å². The standard InChI is InChI=1S/C19H28N2O6S/c1-14(22)15-8-9-17(18(12-15)26-2)27-11-5-7-19(23)21-10-4-6-16(13-21)20-28(3,24)25/h8-9,12,16,20H,4-7,10-11,13H2,1-3H3/t16-/m1/s1. The zero-order valence-corrected chi connectivity index (χ0v) is 17.4. The monoisotopic (exact) mass is 412 g/mol. The first-order valence-corrected chi connectivity index (χ1v) is 11.2. The van der Waals surface area contributed by atoms with E-state index in [9.17, 15) is 18.0 Å². The molecule has 1 aliphatic heterocycles. The Morgan fingerprint density at radius 1 is 1.29 bits per heavy atom. The summed E-state index contributed by atoms with van der Waals surface area (Å²) in [6, 6.07) is 4.76. The molecule has 1 N–H and O–H groups in total. The molecule has 0 saturated carbocycles. The molecular formula is C19H28N2O6S. The van der Waals surface area contributed by atoms with Crippen LogP contribution in [0.15, 0.2) is 18.2 Å². The molecule has 28 heavy (non-hydrogen) atoms. The summed E-state index contributed by atoms with van der Waals surface area (Å²) < 4.78 is 36.3. The Morgan fingerprint density at radius 2 is 2.04 bits per heavy atom. The molecule has 0 aliphatic carbocycles. The molecule has 156 valence electrons. The van der Waals surface area contributed by atoms with E-state index in [1.807, 2.05) is 0 Å². The molecule has 1 amide bonds. The van der Waals surface area contributed by atoms with Gasteiger partial charge in [0.25, 0.3) is 0 Å². The van der Waals surface area contributed by atoms with Gasteiger partial charge in [-0.25, -0.2) is 13.1 Å². The normalized spacial score (nSPS) is 17.2. The van der Waals surface area contributed by atoms with Crippen LogP contribution < -0.4 is 14.2 Å². The van der Waals surface area contributed by atoms with Crippen LogP contribution >= 0.6 is 0 Å². The highest BCUT2D eigenvalue weighted by atomic mass is 32.2. The van der Waals surface area contributed by atoms with E-state index in [0.29, 0.717) is 49.6 Å². The lowest BCUT2D eigenvalue weighted by molar-refractivity contribution is -0.132. The Hall–Kier alpha value is -2.13. The first kappa shape index (κ1) is 22.2. The Morgan fingerprint density at radius 3 is 2.68 bits per heavy atom. The molecule has 0 unspecified atom stereocenters. The Bertz CT molecular complexity index is 809. The number of ether oxygens (including phenoxy) is 2. The zero-order valence-electron chi connectivity index (χ0n) is 16.6. The largest absolute Gasteiger partial charge is 0.493 e. The maximum Gasteiger partial charge on any atom is 0.222 e. The van der Waals surface area contributed by atoms with Crippen molar-refractivity contribution in [2.45, 2.75) is 38.6 Å². The van der Waals surface area contributed by atoms with Gasteiger partial charge >= 0.3 is 0 Å². The molecule has 1 saturated heterocycles. The molecule has 1 aromatic carbocycles. The van der Waals surface area contributed by atoms with Crippen molar-refractivity contribution in [3.63, 3.8) is 0 Å². The van der Waals surface area contributed by atoms with Crippen LogP contribution in [0.5, 0.6) is 11.5 Å². The predicted octanol–water partition coefficient (Wildman–Crippen LogP) is 1.60. The average Bonchev–Trinajstić information content (AvgIpc) is 2.63. The third-order valence-corrected chi connectivity index (χ3v) is 5.28. The van der Waals surface area contributed by atoms with Gasteiger partial charge in [0.15, 0.2) is 17.3 Å². The first-order chi connectivity index (χ1) is 13.2. The molecule has 0 aromatic heterocycles. The summed E-state index contributed by atoms with van der Waals surface area (Å²) in [5, 5.41) is 0. The van der Waals surface area contributed by atoms with Gasteiger partial charge in [0.2, 0.25) is 15.9 Å². The molecule has 2 rings (SSSR count). The minimum absolute atomic E-state index is 0.0116. The fourth-order valence-corrected chi connectivity index (χ4v) is 3.97. The van der Waals surface area contributed by atoms with Crippen LogP contribution in [0.4, 0.5) is 0 Å². The van der Waals surface area contributed by atoms with E-state index in [2.05, 4.69) is 4.72 Å². The van der Waals surface area contributed by atoms with E-state index in [1.54, 1.807) is 23.1 Å². The highest BCUT2D eigenvalue weighted by Gasteiger charge is 2.25. The molecule has 1 atom stereocenters. The molecular weight excluding hydrogens is 384 g/mol. The van der Waals surface area contributed by atoms with Crippen LogP contribution in [0.2, 0.25) is 0 Å². The second-order valence-corrected chi connectivity index (χ2v) is 8.72. The van der Waals surface area contributed by atoms with E-state index < -0.39 is 10.0 Å². The van der Waals surface area contributed by atoms with Crippen LogP contribution in [0.1, 0.15) is 43.0 Å². The fourth-order valence-electron chi connectivity index (χ4n) is 3.17. The number of methoxy groups -OCH3 is 1. The summed E-state index contributed by atoms with van der Waals surface area (Å²) in [6.07, 6.45) is 3.48. The van der Waals surface area contributed by atoms with E-state index in [0.717, 1.165) is 19.1 Å². The van der Waals surface area contributed by atoms with Gasteiger partial charge in [-0.15, -0.1) is 0 Å². The number of piperidine rings is 1. The molecule has 1 heterocycles. The van der Waals surface area contributed by atoms with Crippen LogP contribution in [0.3, 0.4) is 0 Å². The third kappa shape index (κ3) is 6.79. The van der Waals surface area contributed by atoms with Crippen LogP contribution in [0, 0.1) is 0 Å². The molecule has 0 spiro atoms. The van der Waals surface area contributed by atoms with Gasteiger partial charge in [-0.3, -0.25) is 9.59 Å². The zero-order chi connectivity index (χ0) is 20.7. The second-order valence-electron chi connectivity index (χ2n) is 6.94. The summed E-state index contributed by atoms with van der Waals surface area (Å²) in [5.41, 5.74) is 0.543. The summed E-state index contributed by atoms with van der Waals surface area (Å²) in [5.74, 6) is 0.934. The number of hydrogen-bond donors (Lipinski definition) is 1. The highest BCUT2D eigenvalue weighted by molar-refractivity contribution is 7.88. The number of carbonyl (C=O) groups is 2. The predicted molar refractivity (Wildman–Crippen MR) is 105 cm³/mol. The van der Waals surface area contributed by atoms with Gasteiger partial charge in [-0.2, -0.15) is 0 Å². The number of nitrogens with zero attached hydrogens (tertiary/aromatic N) is 1. The number of likely N-dealkylation sites (tertiary alicyclic amines) is 1. The molecule has 8 nitrogen and oxygen atoms in total. The Kier molecular flexibility index (Phi) is 7.82. The smallest absolute Gasteiger partial charge is 0.222 e. The molecule has 9 heteroatoms. The summed E-state index contributed by atoms with van der Waals surface area (Å²) in [6.45, 7) is 2.85. The number of ketones is 1. The van der Waals surface area contributed by atoms with Crippen molar-refractivity contribution in [2.75, 3.05) is 33.1 Å². The minimum atomic E-state index is -3.28. The van der Waals surface area contributed by atoms with Crippen LogP contribution in [-0.2, 0) is 14.8 Å². The number of hydrogen-bond acceptors (Lipinski definition) is 6. The molecule has 1 aromatic rings. The lowest BCUT2D eigenvalue weighted by Crippen LogP contribution is -2.49. The first-order valence-electron chi connectivity index (χ1n) is 9.26. The second kappa shape index (κ2) is 9.88. The number of amides is 1. The van der Waals surface area contributed by atoms with Crippen LogP contribution in [0.25, 0.3) is 0 Å². The average molecular weight is 413 g/mol. The number of rotatable bonds is 9. The summed E-state index contributed by atoms with van der Waals surface area (Å²) >= 11 is 0. The SMILES string of the molecule is COc1cc(C(C)=O)ccc1OCCCC(=O)N1CCC[C@@H](NS(C)(=O)=O)C1. The molecule has 0 radical (unpaired) electrons. The highest BCUT2D eigenvalue weighted by Crippen LogP contribution is 2.28. The maximum absolute atomic E-state index is 12.4. The van der Waals surface area contributed by atoms with Gasteiger partial charge in [0, 0.05) is 31.1 Å². The lowest BCUT2D eigenvalue weighted by atomic mass is 10.1. The summed E-state index contributed by atoms with van der Waals surface area (Å²) in [4.78, 5) is 25.5. The van der Waals surface area contributed by atoms with E-state index >= 15 is 0 Å². The molecule has 1 fully saturated rings. The number of sulfonamides is 1. The van der Waals surface area contributed by atoms with Crippen molar-refractivity contribution in [1.29, 1.82) is 0 Å². The van der Waals surface area contributed by atoms with Gasteiger partial charge in [-0.1, -0.05) is 0 Å². The van der Waals surface area contributed by atoms with Gasteiger partial charge in [-0.05, 0) is 44.4 Å². The van der Waals surface area contributed by atoms with Gasteiger partial charge in [0.05, 0.1) is 20.0 Å². The fraction of sp³-hybridized carbons (Fsp3) is 0.579. The maximum atomic E-state index is 12.4. The van der Waals surface area contributed by atoms with E-state index in [1.165, 1.54) is 14.0 Å². The minimum Gasteiger partial charge on any atom is -0.493 e. The Labute approximate surface area is 166 Å². The van der Waals surface area contributed by atoms with Crippen LogP contribution in [-0.4, -0.2) is 64.1 Å². The topological polar surface area (TPSA) is 102 Å². The van der Waals surface area contributed by atoms with E-state index in [4.69, 9.17) is 9.47 Å². The van der Waals surface area contributed by atoms with Gasteiger partial charge in [0.1, 0.15) is 0 Å². The summed E-state index contributed by atoms with van der Waals surface area (Å²) in [7, 11) is -1.77.